The first-order chi connectivity index (χ1) is 9.36. The molecule has 0 saturated heterocycles. The quantitative estimate of drug-likeness (QED) is 0.735. The highest BCUT2D eigenvalue weighted by Crippen LogP contribution is 2.09. The largest absolute Gasteiger partial charge is 0.337 e. The molecule has 0 bridgehead atoms. The molecule has 19 heavy (non-hydrogen) atoms. The van der Waals surface area contributed by atoms with Crippen molar-refractivity contribution in [2.45, 2.75) is 19.4 Å². The van der Waals surface area contributed by atoms with E-state index in [9.17, 15) is 0 Å². The molecule has 2 rings (SSSR count). The van der Waals surface area contributed by atoms with Gasteiger partial charge in [-0.2, -0.15) is 0 Å². The van der Waals surface area contributed by atoms with Gasteiger partial charge in [-0.1, -0.05) is 36.9 Å². The molecule has 0 aliphatic heterocycles. The number of hydrogen-bond donors (Lipinski definition) is 1. The van der Waals surface area contributed by atoms with Crippen LogP contribution in [-0.2, 0) is 6.54 Å². The van der Waals surface area contributed by atoms with Crippen molar-refractivity contribution in [3.05, 3.63) is 61.2 Å². The highest BCUT2D eigenvalue weighted by Gasteiger charge is 1.97. The summed E-state index contributed by atoms with van der Waals surface area (Å²) >= 11 is 0. The number of aryl methyl sites for hydroxylation is 1. The number of imidazole rings is 1. The molecular weight excluding hydrogens is 234 g/mol. The Labute approximate surface area is 115 Å². The van der Waals surface area contributed by atoms with Crippen LogP contribution in [0.4, 0.5) is 0 Å². The van der Waals surface area contributed by atoms with Crippen molar-refractivity contribution in [3.8, 4) is 0 Å². The molecule has 3 nitrogen and oxygen atoms in total. The van der Waals surface area contributed by atoms with Crippen LogP contribution < -0.4 is 5.32 Å². The Hall–Kier alpha value is -1.87. The second-order valence-corrected chi connectivity index (χ2v) is 4.65. The lowest BCUT2D eigenvalue weighted by Gasteiger charge is -2.08. The molecule has 0 radical (unpaired) electrons. The fourth-order valence-electron chi connectivity index (χ4n) is 1.98. The van der Waals surface area contributed by atoms with E-state index in [1.54, 1.807) is 0 Å². The molecule has 2 aromatic rings. The van der Waals surface area contributed by atoms with Gasteiger partial charge in [0.25, 0.3) is 0 Å². The van der Waals surface area contributed by atoms with Gasteiger partial charge in [0.2, 0.25) is 0 Å². The summed E-state index contributed by atoms with van der Waals surface area (Å²) in [7, 11) is 0. The minimum Gasteiger partial charge on any atom is -0.337 e. The van der Waals surface area contributed by atoms with Crippen molar-refractivity contribution in [1.29, 1.82) is 0 Å². The Balaban J connectivity index is 1.56. The maximum Gasteiger partial charge on any atom is 0.0945 e. The Bertz CT molecular complexity index is 474. The van der Waals surface area contributed by atoms with Crippen LogP contribution in [0.25, 0.3) is 5.57 Å². The number of hydrogen-bond acceptors (Lipinski definition) is 2. The number of nitrogens with one attached hydrogen (secondary N) is 1. The molecule has 0 atom stereocenters. The van der Waals surface area contributed by atoms with Gasteiger partial charge in [0.15, 0.2) is 0 Å². The first-order valence-electron chi connectivity index (χ1n) is 6.76. The number of benzene rings is 1. The molecule has 3 heteroatoms. The van der Waals surface area contributed by atoms with Gasteiger partial charge in [-0.05, 0) is 30.5 Å². The first-order valence-corrected chi connectivity index (χ1v) is 6.76. The van der Waals surface area contributed by atoms with E-state index in [4.69, 9.17) is 0 Å². The molecule has 0 saturated carbocycles. The number of aromatic nitrogens is 2. The molecule has 100 valence electrons. The summed E-state index contributed by atoms with van der Waals surface area (Å²) in [4.78, 5) is 4.03. The lowest BCUT2D eigenvalue weighted by Crippen LogP contribution is -2.18. The van der Waals surface area contributed by atoms with Crippen molar-refractivity contribution in [3.63, 3.8) is 0 Å². The standard InChI is InChI=1S/C16H21N3/c1-15(16-7-3-2-4-8-16)13-17-9-5-6-11-19-12-10-18-14-19/h2-4,7-8,10,12,14,17H,1,5-6,9,11,13H2. The van der Waals surface area contributed by atoms with E-state index in [1.807, 2.05) is 36.9 Å². The monoisotopic (exact) mass is 255 g/mol. The van der Waals surface area contributed by atoms with Crippen molar-refractivity contribution < 1.29 is 0 Å². The van der Waals surface area contributed by atoms with E-state index in [-0.39, 0.29) is 0 Å². The summed E-state index contributed by atoms with van der Waals surface area (Å²) in [6, 6.07) is 10.3. The number of unbranched alkanes of at least 4 members (excludes halogenated alkanes) is 1. The highest BCUT2D eigenvalue weighted by molar-refractivity contribution is 5.64. The van der Waals surface area contributed by atoms with Crippen LogP contribution in [0.1, 0.15) is 18.4 Å². The van der Waals surface area contributed by atoms with Crippen molar-refractivity contribution in [2.24, 2.45) is 0 Å². The normalized spacial score (nSPS) is 10.5. The molecule has 0 amide bonds. The summed E-state index contributed by atoms with van der Waals surface area (Å²) in [5, 5.41) is 3.44. The van der Waals surface area contributed by atoms with Crippen LogP contribution in [0.3, 0.4) is 0 Å². The van der Waals surface area contributed by atoms with E-state index in [0.717, 1.165) is 25.2 Å². The second-order valence-electron chi connectivity index (χ2n) is 4.65. The van der Waals surface area contributed by atoms with Crippen LogP contribution >= 0.6 is 0 Å². The maximum absolute atomic E-state index is 4.11. The zero-order chi connectivity index (χ0) is 13.3. The number of nitrogens with zero attached hydrogens (tertiary/aromatic N) is 2. The van der Waals surface area contributed by atoms with Crippen LogP contribution in [-0.4, -0.2) is 22.6 Å². The summed E-state index contributed by atoms with van der Waals surface area (Å²) in [6.07, 6.45) is 8.03. The van der Waals surface area contributed by atoms with Gasteiger partial charge in [-0.15, -0.1) is 0 Å². The summed E-state index contributed by atoms with van der Waals surface area (Å²) in [5.41, 5.74) is 2.36. The molecule has 0 aliphatic rings. The number of rotatable bonds is 8. The van der Waals surface area contributed by atoms with Crippen LogP contribution in [0, 0.1) is 0 Å². The Morgan fingerprint density at radius 3 is 2.79 bits per heavy atom. The van der Waals surface area contributed by atoms with Gasteiger partial charge in [0.1, 0.15) is 0 Å². The third-order valence-corrected chi connectivity index (χ3v) is 3.10. The smallest absolute Gasteiger partial charge is 0.0945 e. The van der Waals surface area contributed by atoms with E-state index < -0.39 is 0 Å². The lowest BCUT2D eigenvalue weighted by molar-refractivity contribution is 0.583. The SMILES string of the molecule is C=C(CNCCCCn1ccnc1)c1ccccc1. The fraction of sp³-hybridized carbons (Fsp3) is 0.312. The average Bonchev–Trinajstić information content (AvgIpc) is 2.96. The summed E-state index contributed by atoms with van der Waals surface area (Å²) in [5.74, 6) is 0. The first kappa shape index (κ1) is 13.6. The van der Waals surface area contributed by atoms with Crippen LogP contribution in [0.5, 0.6) is 0 Å². The van der Waals surface area contributed by atoms with Crippen molar-refractivity contribution in [1.82, 2.24) is 14.9 Å². The van der Waals surface area contributed by atoms with Gasteiger partial charge in [-0.3, -0.25) is 0 Å². The molecule has 0 aliphatic carbocycles. The zero-order valence-corrected chi connectivity index (χ0v) is 11.3. The molecule has 1 N–H and O–H groups in total. The molecule has 1 aromatic carbocycles. The average molecular weight is 255 g/mol. The maximum atomic E-state index is 4.11. The Kier molecular flexibility index (Phi) is 5.38. The van der Waals surface area contributed by atoms with E-state index in [1.165, 1.54) is 18.4 Å². The predicted molar refractivity (Wildman–Crippen MR) is 79.8 cm³/mol. The van der Waals surface area contributed by atoms with Gasteiger partial charge >= 0.3 is 0 Å². The molecule has 0 unspecified atom stereocenters. The highest BCUT2D eigenvalue weighted by atomic mass is 15.0. The molecule has 1 heterocycles. The van der Waals surface area contributed by atoms with Crippen LogP contribution in [0.2, 0.25) is 0 Å². The van der Waals surface area contributed by atoms with E-state index in [0.29, 0.717) is 0 Å². The molecule has 0 spiro atoms. The second kappa shape index (κ2) is 7.54. The minimum atomic E-state index is 0.856. The summed E-state index contributed by atoms with van der Waals surface area (Å²) in [6.45, 7) is 7.04. The Morgan fingerprint density at radius 2 is 2.05 bits per heavy atom. The third kappa shape index (κ3) is 4.72. The van der Waals surface area contributed by atoms with E-state index >= 15 is 0 Å². The van der Waals surface area contributed by atoms with Crippen molar-refractivity contribution >= 4 is 5.57 Å². The zero-order valence-electron chi connectivity index (χ0n) is 11.3. The van der Waals surface area contributed by atoms with Gasteiger partial charge < -0.3 is 9.88 Å². The van der Waals surface area contributed by atoms with Gasteiger partial charge in [-0.25, -0.2) is 4.98 Å². The lowest BCUT2D eigenvalue weighted by atomic mass is 10.1. The third-order valence-electron chi connectivity index (χ3n) is 3.10. The minimum absolute atomic E-state index is 0.856. The van der Waals surface area contributed by atoms with Gasteiger partial charge in [0, 0.05) is 25.5 Å². The topological polar surface area (TPSA) is 29.9 Å². The van der Waals surface area contributed by atoms with Gasteiger partial charge in [0.05, 0.1) is 6.33 Å². The molecular formula is C16H21N3. The van der Waals surface area contributed by atoms with E-state index in [2.05, 4.69) is 33.6 Å². The molecule has 1 aromatic heterocycles. The summed E-state index contributed by atoms with van der Waals surface area (Å²) < 4.78 is 2.11. The predicted octanol–water partition coefficient (Wildman–Crippen LogP) is 2.97. The van der Waals surface area contributed by atoms with Crippen molar-refractivity contribution in [2.75, 3.05) is 13.1 Å². The van der Waals surface area contributed by atoms with Crippen LogP contribution in [0.15, 0.2) is 55.6 Å². The Morgan fingerprint density at radius 1 is 1.21 bits per heavy atom. The fourth-order valence-corrected chi connectivity index (χ4v) is 1.98. The molecule has 0 fully saturated rings.